The molecule has 0 bridgehead atoms. The highest BCUT2D eigenvalue weighted by Gasteiger charge is 2.09. The molecule has 2 N–H and O–H groups in total. The molecule has 2 aromatic rings. The second-order valence-electron chi connectivity index (χ2n) is 4.02. The van der Waals surface area contributed by atoms with E-state index in [1.807, 2.05) is 29.9 Å². The molecule has 0 amide bonds. The first kappa shape index (κ1) is 12.3. The third-order valence-corrected chi connectivity index (χ3v) is 3.41. The summed E-state index contributed by atoms with van der Waals surface area (Å²) in [6.45, 7) is 0.709. The quantitative estimate of drug-likeness (QED) is 0.942. The zero-order chi connectivity index (χ0) is 12.3. The molecule has 0 atom stereocenters. The average molecular weight is 294 g/mol. The minimum absolute atomic E-state index is 0.709. The summed E-state index contributed by atoms with van der Waals surface area (Å²) in [5.74, 6) is 0. The van der Waals surface area contributed by atoms with Crippen molar-refractivity contribution in [2.75, 3.05) is 6.54 Å². The Bertz CT molecular complexity index is 505. The van der Waals surface area contributed by atoms with Gasteiger partial charge in [-0.2, -0.15) is 5.10 Å². The van der Waals surface area contributed by atoms with Crippen LogP contribution in [-0.2, 0) is 13.5 Å². The first-order valence-electron chi connectivity index (χ1n) is 5.70. The van der Waals surface area contributed by atoms with Crippen molar-refractivity contribution >= 4 is 15.9 Å². The highest BCUT2D eigenvalue weighted by molar-refractivity contribution is 9.10. The summed E-state index contributed by atoms with van der Waals surface area (Å²) in [4.78, 5) is 0. The maximum atomic E-state index is 5.51. The van der Waals surface area contributed by atoms with E-state index in [2.05, 4.69) is 33.2 Å². The Kier molecular flexibility index (Phi) is 3.97. The number of hydrogen-bond acceptors (Lipinski definition) is 2. The Morgan fingerprint density at radius 3 is 2.82 bits per heavy atom. The Balaban J connectivity index is 2.33. The van der Waals surface area contributed by atoms with Crippen LogP contribution in [0, 0.1) is 0 Å². The van der Waals surface area contributed by atoms with Crippen LogP contribution >= 0.6 is 15.9 Å². The molecule has 1 heterocycles. The summed E-state index contributed by atoms with van der Waals surface area (Å²) in [7, 11) is 1.97. The molecule has 0 fully saturated rings. The SMILES string of the molecule is Cn1nc(CCCN)cc1-c1ccccc1Br. The molecule has 0 aliphatic carbocycles. The summed E-state index contributed by atoms with van der Waals surface area (Å²) >= 11 is 3.57. The van der Waals surface area contributed by atoms with E-state index >= 15 is 0 Å². The zero-order valence-electron chi connectivity index (χ0n) is 9.86. The number of halogens is 1. The van der Waals surface area contributed by atoms with Crippen molar-refractivity contribution in [2.45, 2.75) is 12.8 Å². The van der Waals surface area contributed by atoms with Gasteiger partial charge in [0.05, 0.1) is 11.4 Å². The lowest BCUT2D eigenvalue weighted by molar-refractivity contribution is 0.727. The molecule has 0 radical (unpaired) electrons. The van der Waals surface area contributed by atoms with Crippen LogP contribution in [0.5, 0.6) is 0 Å². The van der Waals surface area contributed by atoms with Crippen LogP contribution in [0.2, 0.25) is 0 Å². The summed E-state index contributed by atoms with van der Waals surface area (Å²) in [5, 5.41) is 4.51. The van der Waals surface area contributed by atoms with Crippen LogP contribution in [0.15, 0.2) is 34.8 Å². The average Bonchev–Trinajstić information content (AvgIpc) is 2.68. The van der Waals surface area contributed by atoms with E-state index in [-0.39, 0.29) is 0 Å². The molecule has 1 aromatic carbocycles. The van der Waals surface area contributed by atoms with Crippen molar-refractivity contribution < 1.29 is 0 Å². The number of aromatic nitrogens is 2. The van der Waals surface area contributed by atoms with Crippen molar-refractivity contribution in [3.63, 3.8) is 0 Å². The Morgan fingerprint density at radius 2 is 2.12 bits per heavy atom. The van der Waals surface area contributed by atoms with E-state index in [4.69, 9.17) is 5.73 Å². The topological polar surface area (TPSA) is 43.8 Å². The molecule has 0 saturated carbocycles. The predicted molar refractivity (Wildman–Crippen MR) is 73.7 cm³/mol. The molecule has 90 valence electrons. The van der Waals surface area contributed by atoms with Gasteiger partial charge in [-0.3, -0.25) is 4.68 Å². The monoisotopic (exact) mass is 293 g/mol. The molecule has 2 rings (SSSR count). The zero-order valence-corrected chi connectivity index (χ0v) is 11.4. The van der Waals surface area contributed by atoms with Crippen LogP contribution < -0.4 is 5.73 Å². The number of nitrogens with zero attached hydrogens (tertiary/aromatic N) is 2. The van der Waals surface area contributed by atoms with Gasteiger partial charge in [-0.25, -0.2) is 0 Å². The number of nitrogens with two attached hydrogens (primary N) is 1. The maximum absolute atomic E-state index is 5.51. The summed E-state index contributed by atoms with van der Waals surface area (Å²) in [5.41, 5.74) is 8.91. The molecule has 0 aliphatic rings. The molecular formula is C13H16BrN3. The summed E-state index contributed by atoms with van der Waals surface area (Å²) in [6.07, 6.45) is 1.92. The van der Waals surface area contributed by atoms with E-state index in [0.717, 1.165) is 28.7 Å². The lowest BCUT2D eigenvalue weighted by Gasteiger charge is -2.03. The van der Waals surface area contributed by atoms with Crippen molar-refractivity contribution in [2.24, 2.45) is 12.8 Å². The second-order valence-corrected chi connectivity index (χ2v) is 4.87. The van der Waals surface area contributed by atoms with Gasteiger partial charge in [0.15, 0.2) is 0 Å². The van der Waals surface area contributed by atoms with Crippen LogP contribution in [0.4, 0.5) is 0 Å². The fraction of sp³-hybridized carbons (Fsp3) is 0.308. The number of aryl methyl sites for hydroxylation is 2. The minimum Gasteiger partial charge on any atom is -0.330 e. The van der Waals surface area contributed by atoms with E-state index in [9.17, 15) is 0 Å². The predicted octanol–water partition coefficient (Wildman–Crippen LogP) is 2.74. The number of hydrogen-bond donors (Lipinski definition) is 1. The van der Waals surface area contributed by atoms with Crippen LogP contribution in [0.25, 0.3) is 11.3 Å². The highest BCUT2D eigenvalue weighted by Crippen LogP contribution is 2.28. The Hall–Kier alpha value is -1.13. The van der Waals surface area contributed by atoms with Gasteiger partial charge in [0.2, 0.25) is 0 Å². The number of rotatable bonds is 4. The second kappa shape index (κ2) is 5.47. The van der Waals surface area contributed by atoms with Crippen LogP contribution in [0.1, 0.15) is 12.1 Å². The molecule has 0 unspecified atom stereocenters. The van der Waals surface area contributed by atoms with Crippen molar-refractivity contribution in [3.05, 3.63) is 40.5 Å². The maximum Gasteiger partial charge on any atom is 0.0693 e. The minimum atomic E-state index is 0.709. The normalized spacial score (nSPS) is 10.8. The van der Waals surface area contributed by atoms with E-state index < -0.39 is 0 Å². The van der Waals surface area contributed by atoms with Gasteiger partial charge in [0.1, 0.15) is 0 Å². The van der Waals surface area contributed by atoms with Crippen LogP contribution in [-0.4, -0.2) is 16.3 Å². The van der Waals surface area contributed by atoms with Gasteiger partial charge in [0, 0.05) is 17.1 Å². The highest BCUT2D eigenvalue weighted by atomic mass is 79.9. The molecule has 17 heavy (non-hydrogen) atoms. The summed E-state index contributed by atoms with van der Waals surface area (Å²) < 4.78 is 3.01. The lowest BCUT2D eigenvalue weighted by Crippen LogP contribution is -2.01. The van der Waals surface area contributed by atoms with Crippen LogP contribution in [0.3, 0.4) is 0 Å². The largest absolute Gasteiger partial charge is 0.330 e. The number of benzene rings is 1. The fourth-order valence-corrected chi connectivity index (χ4v) is 2.34. The van der Waals surface area contributed by atoms with E-state index in [1.165, 1.54) is 5.56 Å². The van der Waals surface area contributed by atoms with E-state index in [1.54, 1.807) is 0 Å². The third kappa shape index (κ3) is 2.76. The molecule has 1 aromatic heterocycles. The molecule has 0 saturated heterocycles. The van der Waals surface area contributed by atoms with E-state index in [0.29, 0.717) is 6.54 Å². The van der Waals surface area contributed by atoms with Crippen molar-refractivity contribution in [1.29, 1.82) is 0 Å². The molecule has 4 heteroatoms. The summed E-state index contributed by atoms with van der Waals surface area (Å²) in [6, 6.07) is 10.3. The standard InChI is InChI=1S/C13H16BrN3/c1-17-13(9-10(16-17)5-4-8-15)11-6-2-3-7-12(11)14/h2-3,6-7,9H,4-5,8,15H2,1H3. The lowest BCUT2D eigenvalue weighted by atomic mass is 10.1. The van der Waals surface area contributed by atoms with Gasteiger partial charge in [-0.05, 0) is 31.5 Å². The molecule has 3 nitrogen and oxygen atoms in total. The molecule has 0 aliphatic heterocycles. The smallest absolute Gasteiger partial charge is 0.0693 e. The Labute approximate surface area is 110 Å². The van der Waals surface area contributed by atoms with Crippen molar-refractivity contribution in [1.82, 2.24) is 9.78 Å². The first-order valence-corrected chi connectivity index (χ1v) is 6.49. The van der Waals surface area contributed by atoms with Crippen molar-refractivity contribution in [3.8, 4) is 11.3 Å². The molecular weight excluding hydrogens is 278 g/mol. The van der Waals surface area contributed by atoms with Gasteiger partial charge in [0.25, 0.3) is 0 Å². The Morgan fingerprint density at radius 1 is 1.35 bits per heavy atom. The third-order valence-electron chi connectivity index (χ3n) is 2.72. The van der Waals surface area contributed by atoms with Gasteiger partial charge < -0.3 is 5.73 Å². The fourth-order valence-electron chi connectivity index (χ4n) is 1.85. The van der Waals surface area contributed by atoms with Gasteiger partial charge in [-0.15, -0.1) is 0 Å². The molecule has 0 spiro atoms. The van der Waals surface area contributed by atoms with Gasteiger partial charge in [-0.1, -0.05) is 34.1 Å². The van der Waals surface area contributed by atoms with Gasteiger partial charge >= 0.3 is 0 Å². The first-order chi connectivity index (χ1) is 8.22.